The smallest absolute Gasteiger partial charge is 0.262 e. The Kier molecular flexibility index (Phi) is 8.59. The number of methoxy groups -OCH3 is 1. The van der Waals surface area contributed by atoms with Crippen molar-refractivity contribution in [3.63, 3.8) is 0 Å². The van der Waals surface area contributed by atoms with E-state index in [-0.39, 0.29) is 24.1 Å². The highest BCUT2D eigenvalue weighted by atomic mass is 16.5. The molecule has 1 heterocycles. The Hall–Kier alpha value is -2.59. The summed E-state index contributed by atoms with van der Waals surface area (Å²) < 4.78 is 7.32. The van der Waals surface area contributed by atoms with Gasteiger partial charge in [0.25, 0.3) is 5.91 Å². The predicted molar refractivity (Wildman–Crippen MR) is 100 cm³/mol. The zero-order valence-corrected chi connectivity index (χ0v) is 16.2. The molecule has 0 aliphatic carbocycles. The molecule has 1 atom stereocenters. The fourth-order valence-electron chi connectivity index (χ4n) is 2.83. The van der Waals surface area contributed by atoms with E-state index in [4.69, 9.17) is 4.74 Å². The second kappa shape index (κ2) is 10.4. The Morgan fingerprint density at radius 1 is 1.38 bits per heavy atom. The molecule has 2 amide bonds. The summed E-state index contributed by atoms with van der Waals surface area (Å²) in [5.41, 5.74) is 2.74. The molecule has 142 valence electrons. The molecular weight excluding hydrogens is 332 g/mol. The van der Waals surface area contributed by atoms with Crippen molar-refractivity contribution in [1.29, 1.82) is 5.26 Å². The lowest BCUT2D eigenvalue weighted by Gasteiger charge is -2.17. The van der Waals surface area contributed by atoms with Gasteiger partial charge in [-0.05, 0) is 44.9 Å². The van der Waals surface area contributed by atoms with Crippen LogP contribution in [0, 0.1) is 25.2 Å². The summed E-state index contributed by atoms with van der Waals surface area (Å²) in [6.07, 6.45) is 2.37. The van der Waals surface area contributed by atoms with Crippen molar-refractivity contribution in [1.82, 2.24) is 15.2 Å². The lowest BCUT2D eigenvalue weighted by atomic mass is 10.1. The highest BCUT2D eigenvalue weighted by molar-refractivity contribution is 6.03. The van der Waals surface area contributed by atoms with Crippen molar-refractivity contribution >= 4 is 17.9 Å². The Morgan fingerprint density at radius 2 is 2.08 bits per heavy atom. The van der Waals surface area contributed by atoms with Gasteiger partial charge in [0.2, 0.25) is 5.91 Å². The number of aryl methyl sites for hydroxylation is 1. The van der Waals surface area contributed by atoms with Gasteiger partial charge in [-0.1, -0.05) is 6.92 Å². The van der Waals surface area contributed by atoms with Gasteiger partial charge in [-0.2, -0.15) is 5.26 Å². The van der Waals surface area contributed by atoms with E-state index in [9.17, 15) is 14.9 Å². The first kappa shape index (κ1) is 21.5. The summed E-state index contributed by atoms with van der Waals surface area (Å²) in [5, 5.41) is 14.5. The third kappa shape index (κ3) is 5.74. The molecule has 0 aliphatic heterocycles. The molecule has 7 nitrogen and oxygen atoms in total. The summed E-state index contributed by atoms with van der Waals surface area (Å²) in [4.78, 5) is 23.8. The van der Waals surface area contributed by atoms with Crippen molar-refractivity contribution in [2.24, 2.45) is 0 Å². The summed E-state index contributed by atoms with van der Waals surface area (Å²) in [5.74, 6) is -0.835. The Balaban J connectivity index is 2.92. The molecule has 7 heteroatoms. The van der Waals surface area contributed by atoms with E-state index in [0.29, 0.717) is 13.2 Å². The van der Waals surface area contributed by atoms with Gasteiger partial charge in [-0.25, -0.2) is 0 Å². The quantitative estimate of drug-likeness (QED) is 0.519. The summed E-state index contributed by atoms with van der Waals surface area (Å²) >= 11 is 0. The van der Waals surface area contributed by atoms with Crippen LogP contribution in [0.5, 0.6) is 0 Å². The minimum atomic E-state index is -0.561. The molecule has 26 heavy (non-hydrogen) atoms. The number of hydrogen-bond acceptors (Lipinski definition) is 4. The minimum absolute atomic E-state index is 0.0343. The third-order valence-electron chi connectivity index (χ3n) is 4.02. The number of carbonyl (C=O) groups is 2. The molecular formula is C19H28N4O3. The first-order chi connectivity index (χ1) is 12.3. The molecule has 0 fully saturated rings. The average Bonchev–Trinajstić information content (AvgIpc) is 2.89. The number of ether oxygens (including phenoxy) is 1. The molecule has 0 saturated carbocycles. The maximum atomic E-state index is 12.2. The van der Waals surface area contributed by atoms with Gasteiger partial charge in [0.1, 0.15) is 11.6 Å². The van der Waals surface area contributed by atoms with Crippen LogP contribution in [0.1, 0.15) is 43.3 Å². The van der Waals surface area contributed by atoms with E-state index >= 15 is 0 Å². The number of hydrogen-bond donors (Lipinski definition) is 2. The van der Waals surface area contributed by atoms with E-state index in [2.05, 4.69) is 15.2 Å². The minimum Gasteiger partial charge on any atom is -0.383 e. The molecule has 2 N–H and O–H groups in total. The summed E-state index contributed by atoms with van der Waals surface area (Å²) in [6, 6.07) is 3.98. The van der Waals surface area contributed by atoms with Crippen LogP contribution in [0.4, 0.5) is 0 Å². The molecule has 1 rings (SSSR count). The third-order valence-corrected chi connectivity index (χ3v) is 4.02. The maximum Gasteiger partial charge on any atom is 0.262 e. The number of rotatable bonds is 9. The predicted octanol–water partition coefficient (Wildman–Crippen LogP) is 1.86. The van der Waals surface area contributed by atoms with Crippen LogP contribution in [-0.2, 0) is 14.3 Å². The van der Waals surface area contributed by atoms with Gasteiger partial charge in [0, 0.05) is 25.0 Å². The lowest BCUT2D eigenvalue weighted by molar-refractivity contribution is -0.124. The Labute approximate surface area is 155 Å². The summed E-state index contributed by atoms with van der Waals surface area (Å²) in [7, 11) is 1.65. The first-order valence-electron chi connectivity index (χ1n) is 8.69. The molecule has 0 aromatic carbocycles. The van der Waals surface area contributed by atoms with Crippen LogP contribution in [0.15, 0.2) is 11.6 Å². The van der Waals surface area contributed by atoms with E-state index in [1.165, 1.54) is 0 Å². The van der Waals surface area contributed by atoms with E-state index in [1.807, 2.05) is 39.8 Å². The molecule has 1 unspecified atom stereocenters. The van der Waals surface area contributed by atoms with Crippen LogP contribution in [-0.4, -0.2) is 43.2 Å². The zero-order valence-electron chi connectivity index (χ0n) is 16.2. The second-order valence-corrected chi connectivity index (χ2v) is 6.20. The molecule has 1 aromatic heterocycles. The van der Waals surface area contributed by atoms with Crippen LogP contribution in [0.2, 0.25) is 0 Å². The van der Waals surface area contributed by atoms with Crippen LogP contribution in [0.3, 0.4) is 0 Å². The Morgan fingerprint density at radius 3 is 2.65 bits per heavy atom. The lowest BCUT2D eigenvalue weighted by Crippen LogP contribution is -2.37. The van der Waals surface area contributed by atoms with Gasteiger partial charge < -0.3 is 19.9 Å². The maximum absolute atomic E-state index is 12.2. The highest BCUT2D eigenvalue weighted by Crippen LogP contribution is 2.22. The van der Waals surface area contributed by atoms with Gasteiger partial charge >= 0.3 is 0 Å². The first-order valence-corrected chi connectivity index (χ1v) is 8.69. The van der Waals surface area contributed by atoms with E-state index < -0.39 is 5.91 Å². The zero-order chi connectivity index (χ0) is 19.7. The molecule has 0 bridgehead atoms. The molecule has 0 saturated heterocycles. The molecule has 0 aliphatic rings. The fourth-order valence-corrected chi connectivity index (χ4v) is 2.83. The molecule has 1 aromatic rings. The number of carbonyl (C=O) groups excluding carboxylic acids is 2. The number of nitrogens with zero attached hydrogens (tertiary/aromatic N) is 2. The number of nitriles is 1. The highest BCUT2D eigenvalue weighted by Gasteiger charge is 2.16. The second-order valence-electron chi connectivity index (χ2n) is 6.20. The van der Waals surface area contributed by atoms with Gasteiger partial charge in [-0.3, -0.25) is 9.59 Å². The van der Waals surface area contributed by atoms with Crippen molar-refractivity contribution in [2.75, 3.05) is 26.8 Å². The monoisotopic (exact) mass is 360 g/mol. The fraction of sp³-hybridized carbons (Fsp3) is 0.526. The van der Waals surface area contributed by atoms with Crippen LogP contribution >= 0.6 is 0 Å². The SMILES string of the molecule is CCCNC(=O)CNC(=O)/C(C#N)=C/c1cc(C)n(C(C)COC)c1C. The van der Waals surface area contributed by atoms with Crippen LogP contribution in [0.25, 0.3) is 6.08 Å². The van der Waals surface area contributed by atoms with Gasteiger partial charge in [-0.15, -0.1) is 0 Å². The Bertz CT molecular complexity index is 713. The van der Waals surface area contributed by atoms with Crippen molar-refractivity contribution < 1.29 is 14.3 Å². The van der Waals surface area contributed by atoms with Gasteiger partial charge in [0.15, 0.2) is 0 Å². The van der Waals surface area contributed by atoms with Gasteiger partial charge in [0.05, 0.1) is 19.2 Å². The number of aromatic nitrogens is 1. The van der Waals surface area contributed by atoms with Crippen molar-refractivity contribution in [2.45, 2.75) is 40.2 Å². The van der Waals surface area contributed by atoms with Crippen molar-refractivity contribution in [3.8, 4) is 6.07 Å². The standard InChI is InChI=1S/C19H28N4O3/c1-6-7-21-18(24)11-22-19(25)17(10-20)9-16-8-13(2)23(15(16)4)14(3)12-26-5/h8-9,14H,6-7,11-12H2,1-5H3,(H,21,24)(H,22,25)/b17-9+. The topological polar surface area (TPSA) is 96.2 Å². The van der Waals surface area contributed by atoms with E-state index in [1.54, 1.807) is 13.2 Å². The summed E-state index contributed by atoms with van der Waals surface area (Å²) in [6.45, 7) is 8.88. The molecule has 0 spiro atoms. The number of amides is 2. The van der Waals surface area contributed by atoms with Crippen molar-refractivity contribution in [3.05, 3.63) is 28.6 Å². The van der Waals surface area contributed by atoms with E-state index in [0.717, 1.165) is 23.4 Å². The van der Waals surface area contributed by atoms with Crippen LogP contribution < -0.4 is 10.6 Å². The molecule has 0 radical (unpaired) electrons. The largest absolute Gasteiger partial charge is 0.383 e. The normalized spacial score (nSPS) is 12.4. The average molecular weight is 360 g/mol. The number of nitrogens with one attached hydrogen (secondary N) is 2.